The van der Waals surface area contributed by atoms with Crippen LogP contribution in [0.3, 0.4) is 0 Å². The van der Waals surface area contributed by atoms with Gasteiger partial charge in [0.25, 0.3) is 0 Å². The van der Waals surface area contributed by atoms with Gasteiger partial charge in [0.05, 0.1) is 11.1 Å². The predicted octanol–water partition coefficient (Wildman–Crippen LogP) is 2.08. The summed E-state index contributed by atoms with van der Waals surface area (Å²) in [5.74, 6) is 0.640. The van der Waals surface area contributed by atoms with E-state index in [2.05, 4.69) is 15.4 Å². The molecule has 0 spiro atoms. The van der Waals surface area contributed by atoms with Crippen LogP contribution >= 0.6 is 11.6 Å². The van der Waals surface area contributed by atoms with E-state index in [9.17, 15) is 4.79 Å². The van der Waals surface area contributed by atoms with Gasteiger partial charge < -0.3 is 5.32 Å². The Kier molecular flexibility index (Phi) is 4.04. The normalized spacial score (nSPS) is 14.5. The molecule has 0 aliphatic carbocycles. The average molecular weight is 298 g/mol. The first kappa shape index (κ1) is 14.8. The molecule has 0 radical (unpaired) electrons. The van der Waals surface area contributed by atoms with Gasteiger partial charge in [0.2, 0.25) is 5.91 Å². The number of aromatic nitrogens is 4. The molecule has 0 saturated heterocycles. The molecule has 0 aliphatic heterocycles. The lowest BCUT2D eigenvalue weighted by Crippen LogP contribution is -2.32. The van der Waals surface area contributed by atoms with E-state index in [0.29, 0.717) is 12.4 Å². The molecule has 1 N–H and O–H groups in total. The van der Waals surface area contributed by atoms with E-state index in [-0.39, 0.29) is 17.3 Å². The number of nitrogens with zero attached hydrogens (tertiary/aromatic N) is 4. The summed E-state index contributed by atoms with van der Waals surface area (Å²) >= 11 is 6.22. The molecule has 6 nitrogen and oxygen atoms in total. The molecule has 0 bridgehead atoms. The van der Waals surface area contributed by atoms with Gasteiger partial charge in [-0.2, -0.15) is 5.10 Å². The van der Waals surface area contributed by atoms with E-state index < -0.39 is 0 Å². The minimum Gasteiger partial charge on any atom is -0.355 e. The van der Waals surface area contributed by atoms with Crippen LogP contribution in [0.4, 0.5) is 0 Å². The largest absolute Gasteiger partial charge is 0.355 e. The molecular weight excluding hydrogens is 278 g/mol. The molecule has 0 fully saturated rings. The summed E-state index contributed by atoms with van der Waals surface area (Å²) in [5.41, 5.74) is 2.46. The molecule has 0 aromatic carbocycles. The highest BCUT2D eigenvalue weighted by atomic mass is 35.5. The van der Waals surface area contributed by atoms with Crippen molar-refractivity contribution in [2.45, 2.75) is 39.1 Å². The summed E-state index contributed by atoms with van der Waals surface area (Å²) in [5, 5.41) is 6.91. The van der Waals surface area contributed by atoms with E-state index in [1.54, 1.807) is 4.68 Å². The molecule has 0 saturated carbocycles. The van der Waals surface area contributed by atoms with Crippen molar-refractivity contribution in [1.29, 1.82) is 0 Å². The monoisotopic (exact) mass is 297 g/mol. The van der Waals surface area contributed by atoms with Crippen molar-refractivity contribution in [3.63, 3.8) is 0 Å². The smallest absolute Gasteiger partial charge is 0.242 e. The lowest BCUT2D eigenvalue weighted by Gasteiger charge is -2.18. The third-order valence-electron chi connectivity index (χ3n) is 3.34. The van der Waals surface area contributed by atoms with Gasteiger partial charge in [0, 0.05) is 13.6 Å². The van der Waals surface area contributed by atoms with Gasteiger partial charge in [-0.05, 0) is 27.7 Å². The van der Waals surface area contributed by atoms with E-state index in [1.165, 1.54) is 0 Å². The predicted molar refractivity (Wildman–Crippen MR) is 78.9 cm³/mol. The first-order chi connectivity index (χ1) is 9.38. The van der Waals surface area contributed by atoms with Crippen LogP contribution in [0.25, 0.3) is 11.2 Å². The highest BCUT2D eigenvalue weighted by Gasteiger charge is 2.26. The number of amides is 1. The zero-order valence-electron chi connectivity index (χ0n) is 12.4. The minimum atomic E-state index is -0.383. The second-order valence-corrected chi connectivity index (χ2v) is 5.56. The average Bonchev–Trinajstić information content (AvgIpc) is 2.88. The summed E-state index contributed by atoms with van der Waals surface area (Å²) in [7, 11) is 1.85. The zero-order valence-corrected chi connectivity index (χ0v) is 13.2. The standard InChI is InChI=1S/C13H20ClN5O/c1-6-15-12(20)9(4)19-11(7(2)14)16-10-8(3)17-18(5)13(10)19/h7,9H,6H2,1-5H3,(H,15,20). The Labute approximate surface area is 123 Å². The third kappa shape index (κ3) is 2.28. The second-order valence-electron chi connectivity index (χ2n) is 4.91. The van der Waals surface area contributed by atoms with Gasteiger partial charge in [0.15, 0.2) is 5.65 Å². The Morgan fingerprint density at radius 2 is 2.10 bits per heavy atom. The van der Waals surface area contributed by atoms with Crippen molar-refractivity contribution >= 4 is 28.7 Å². The van der Waals surface area contributed by atoms with Crippen LogP contribution in [0.1, 0.15) is 43.7 Å². The first-order valence-corrected chi connectivity index (χ1v) is 7.15. The van der Waals surface area contributed by atoms with Gasteiger partial charge in [-0.25, -0.2) is 4.98 Å². The summed E-state index contributed by atoms with van der Waals surface area (Å²) < 4.78 is 3.62. The fourth-order valence-electron chi connectivity index (χ4n) is 2.41. The number of nitrogens with one attached hydrogen (secondary N) is 1. The Balaban J connectivity index is 2.65. The molecule has 2 atom stereocenters. The van der Waals surface area contributed by atoms with Crippen LogP contribution in [0.2, 0.25) is 0 Å². The molecular formula is C13H20ClN5O. The van der Waals surface area contributed by atoms with Gasteiger partial charge in [-0.3, -0.25) is 14.0 Å². The summed E-state index contributed by atoms with van der Waals surface area (Å²) in [6.07, 6.45) is 0. The Hall–Kier alpha value is -1.56. The zero-order chi connectivity index (χ0) is 15.0. The van der Waals surface area contributed by atoms with Crippen molar-refractivity contribution in [1.82, 2.24) is 24.6 Å². The molecule has 20 heavy (non-hydrogen) atoms. The molecule has 2 heterocycles. The van der Waals surface area contributed by atoms with Crippen molar-refractivity contribution < 1.29 is 4.79 Å². The lowest BCUT2D eigenvalue weighted by molar-refractivity contribution is -0.123. The number of rotatable bonds is 4. The van der Waals surface area contributed by atoms with E-state index >= 15 is 0 Å². The maximum Gasteiger partial charge on any atom is 0.242 e. The molecule has 2 aromatic heterocycles. The summed E-state index contributed by atoms with van der Waals surface area (Å²) in [6.45, 7) is 8.09. The molecule has 0 aliphatic rings. The van der Waals surface area contributed by atoms with Crippen LogP contribution in [0.15, 0.2) is 0 Å². The van der Waals surface area contributed by atoms with Crippen LogP contribution < -0.4 is 5.32 Å². The number of imidazole rings is 1. The quantitative estimate of drug-likeness (QED) is 0.879. The van der Waals surface area contributed by atoms with E-state index in [1.807, 2.05) is 39.3 Å². The Morgan fingerprint density at radius 3 is 2.65 bits per heavy atom. The summed E-state index contributed by atoms with van der Waals surface area (Å²) in [4.78, 5) is 16.7. The van der Waals surface area contributed by atoms with Crippen molar-refractivity contribution in [3.8, 4) is 0 Å². The van der Waals surface area contributed by atoms with Gasteiger partial charge in [-0.1, -0.05) is 0 Å². The lowest BCUT2D eigenvalue weighted by atomic mass is 10.3. The molecule has 110 valence electrons. The van der Waals surface area contributed by atoms with Crippen LogP contribution in [-0.4, -0.2) is 31.8 Å². The van der Waals surface area contributed by atoms with Crippen LogP contribution in [0.5, 0.6) is 0 Å². The van der Waals surface area contributed by atoms with Crippen LogP contribution in [0, 0.1) is 6.92 Å². The number of carbonyl (C=O) groups excluding carboxylic acids is 1. The highest BCUT2D eigenvalue weighted by molar-refractivity contribution is 6.20. The Morgan fingerprint density at radius 1 is 1.45 bits per heavy atom. The van der Waals surface area contributed by atoms with Gasteiger partial charge in [0.1, 0.15) is 17.4 Å². The topological polar surface area (TPSA) is 64.7 Å². The molecule has 2 rings (SSSR count). The van der Waals surface area contributed by atoms with E-state index in [4.69, 9.17) is 11.6 Å². The fraction of sp³-hybridized carbons (Fsp3) is 0.615. The number of halogens is 1. The number of alkyl halides is 1. The molecule has 7 heteroatoms. The fourth-order valence-corrected chi connectivity index (χ4v) is 2.57. The highest BCUT2D eigenvalue weighted by Crippen LogP contribution is 2.29. The van der Waals surface area contributed by atoms with Crippen molar-refractivity contribution in [3.05, 3.63) is 11.5 Å². The van der Waals surface area contributed by atoms with Crippen LogP contribution in [-0.2, 0) is 11.8 Å². The second kappa shape index (κ2) is 5.44. The maximum absolute atomic E-state index is 12.1. The van der Waals surface area contributed by atoms with Crippen molar-refractivity contribution in [2.75, 3.05) is 6.54 Å². The summed E-state index contributed by atoms with van der Waals surface area (Å²) in [6, 6.07) is -0.383. The minimum absolute atomic E-state index is 0.0516. The third-order valence-corrected chi connectivity index (χ3v) is 3.53. The van der Waals surface area contributed by atoms with Crippen molar-refractivity contribution in [2.24, 2.45) is 7.05 Å². The molecule has 2 unspecified atom stereocenters. The number of aryl methyl sites for hydroxylation is 2. The van der Waals surface area contributed by atoms with Gasteiger partial charge in [-0.15, -0.1) is 11.6 Å². The number of hydrogen-bond acceptors (Lipinski definition) is 3. The maximum atomic E-state index is 12.1. The van der Waals surface area contributed by atoms with Gasteiger partial charge >= 0.3 is 0 Å². The molecule has 1 amide bonds. The molecule has 2 aromatic rings. The Bertz CT molecular complexity index is 643. The number of hydrogen-bond donors (Lipinski definition) is 1. The number of carbonyl (C=O) groups is 1. The SMILES string of the molecule is CCNC(=O)C(C)n1c(C(C)Cl)nc2c(C)nn(C)c21. The number of likely N-dealkylation sites (N-methyl/N-ethyl adjacent to an activating group) is 1. The first-order valence-electron chi connectivity index (χ1n) is 6.71. The number of fused-ring (bicyclic) bond motifs is 1. The van der Waals surface area contributed by atoms with E-state index in [0.717, 1.165) is 16.9 Å².